The number of fused-ring (bicyclic) bond motifs is 5. The molecule has 6 aliphatic rings. The lowest BCUT2D eigenvalue weighted by Crippen LogP contribution is -2.67. The molecule has 4 saturated carbocycles. The maximum absolute atomic E-state index is 12.6. The monoisotopic (exact) mass is 503 g/mol. The Labute approximate surface area is 213 Å². The van der Waals surface area contributed by atoms with E-state index in [2.05, 4.69) is 6.92 Å². The van der Waals surface area contributed by atoms with Crippen LogP contribution >= 0.6 is 0 Å². The molecule has 5 fully saturated rings. The zero-order chi connectivity index (χ0) is 25.5. The lowest BCUT2D eigenvalue weighted by Gasteiger charge is -2.65. The number of aliphatic hydroxyl groups excluding tert-OH is 2. The molecule has 0 bridgehead atoms. The van der Waals surface area contributed by atoms with Crippen LogP contribution in [-0.4, -0.2) is 75.9 Å². The van der Waals surface area contributed by atoms with Gasteiger partial charge < -0.3 is 29.7 Å². The summed E-state index contributed by atoms with van der Waals surface area (Å²) < 4.78 is 11.1. The number of esters is 1. The van der Waals surface area contributed by atoms with Crippen LogP contribution in [0, 0.1) is 34.5 Å². The third-order valence-corrected chi connectivity index (χ3v) is 11.7. The quantitative estimate of drug-likeness (QED) is 0.496. The Morgan fingerprint density at radius 3 is 2.58 bits per heavy atom. The van der Waals surface area contributed by atoms with Crippen LogP contribution in [0.2, 0.25) is 0 Å². The molecule has 1 saturated heterocycles. The van der Waals surface area contributed by atoms with E-state index in [-0.39, 0.29) is 47.9 Å². The van der Waals surface area contributed by atoms with Crippen molar-refractivity contribution in [3.05, 3.63) is 11.6 Å². The van der Waals surface area contributed by atoms with E-state index >= 15 is 0 Å². The number of nitrogens with zero attached hydrogens (tertiary/aromatic N) is 1. The number of hydrogen-bond donors (Lipinski definition) is 3. The zero-order valence-corrected chi connectivity index (χ0v) is 21.5. The Hall–Kier alpha value is -1.64. The van der Waals surface area contributed by atoms with Crippen LogP contribution in [0.3, 0.4) is 0 Å². The fraction of sp³-hybridized carbons (Fsp3) is 0.857. The number of cyclic esters (lactones) is 1. The molecule has 0 aromatic carbocycles. The van der Waals surface area contributed by atoms with E-state index in [4.69, 9.17) is 9.47 Å². The summed E-state index contributed by atoms with van der Waals surface area (Å²) in [5, 5.41) is 33.7. The molecule has 6 rings (SSSR count). The molecule has 200 valence electrons. The number of β-amino-alcohol motifs (C(OH)–C–C–N with tert-alkyl or cyclic N) is 1. The van der Waals surface area contributed by atoms with Gasteiger partial charge in [-0.2, -0.15) is 0 Å². The maximum atomic E-state index is 12.6. The maximum Gasteiger partial charge on any atom is 0.410 e. The number of ether oxygens (including phenoxy) is 2. The molecule has 8 heteroatoms. The van der Waals surface area contributed by atoms with Gasteiger partial charge in [0.25, 0.3) is 0 Å². The number of aliphatic hydroxyl groups is 3. The summed E-state index contributed by atoms with van der Waals surface area (Å²) in [5.41, 5.74) is -0.758. The zero-order valence-electron chi connectivity index (χ0n) is 21.5. The average molecular weight is 504 g/mol. The van der Waals surface area contributed by atoms with Gasteiger partial charge in [0.2, 0.25) is 0 Å². The summed E-state index contributed by atoms with van der Waals surface area (Å²) >= 11 is 0. The molecule has 2 aliphatic heterocycles. The molecular formula is C28H41NO7. The molecule has 0 aromatic heterocycles. The summed E-state index contributed by atoms with van der Waals surface area (Å²) in [6, 6.07) is 0. The van der Waals surface area contributed by atoms with Gasteiger partial charge in [0.15, 0.2) is 0 Å². The minimum absolute atomic E-state index is 0.0164. The SMILES string of the molecule is C[C@]12CC[C@H](OC(=O)N3CC[C@H](O)C3)C[C@H]1CC[C@@H]1[C@@H]2C[C@@H](O)[C@]2(C)[C@@H](C3=CC(=O)OC3)CC[C@]12O. The standard InChI is InChI=1S/C28H41NO7/c1-26-8-5-19(36-25(33)29-10-7-18(30)14-29)12-17(26)3-4-21-22(26)13-23(31)27(2)20(6-9-28(21,27)34)16-11-24(32)35-15-16/h11,17-23,30-31,34H,3-10,12-15H2,1-2H3/t17-,18+,19+,20-,21-,22+,23-,26+,27+,28+/m1/s1. The van der Waals surface area contributed by atoms with E-state index < -0.39 is 23.2 Å². The highest BCUT2D eigenvalue weighted by molar-refractivity contribution is 5.85. The molecule has 36 heavy (non-hydrogen) atoms. The van der Waals surface area contributed by atoms with Crippen LogP contribution in [-0.2, 0) is 14.3 Å². The minimum Gasteiger partial charge on any atom is -0.458 e. The molecule has 4 aliphatic carbocycles. The summed E-state index contributed by atoms with van der Waals surface area (Å²) in [7, 11) is 0. The molecule has 10 atom stereocenters. The molecule has 1 amide bonds. The average Bonchev–Trinajstić information content (AvgIpc) is 3.53. The van der Waals surface area contributed by atoms with Gasteiger partial charge in [-0.05, 0) is 92.4 Å². The van der Waals surface area contributed by atoms with Gasteiger partial charge in [-0.3, -0.25) is 0 Å². The van der Waals surface area contributed by atoms with Crippen LogP contribution in [0.4, 0.5) is 4.79 Å². The highest BCUT2D eigenvalue weighted by atomic mass is 16.6. The summed E-state index contributed by atoms with van der Waals surface area (Å²) in [4.78, 5) is 26.0. The van der Waals surface area contributed by atoms with Crippen molar-refractivity contribution in [2.45, 2.75) is 95.5 Å². The first kappa shape index (κ1) is 24.7. The predicted octanol–water partition coefficient (Wildman–Crippen LogP) is 2.79. The van der Waals surface area contributed by atoms with Gasteiger partial charge in [-0.15, -0.1) is 0 Å². The first-order valence-corrected chi connectivity index (χ1v) is 14.0. The van der Waals surface area contributed by atoms with Gasteiger partial charge >= 0.3 is 12.1 Å². The number of carbonyl (C=O) groups is 2. The molecule has 2 heterocycles. The van der Waals surface area contributed by atoms with Crippen LogP contribution < -0.4 is 0 Å². The van der Waals surface area contributed by atoms with E-state index in [1.54, 1.807) is 11.0 Å². The van der Waals surface area contributed by atoms with Gasteiger partial charge in [0, 0.05) is 24.6 Å². The van der Waals surface area contributed by atoms with Gasteiger partial charge in [0.05, 0.1) is 17.8 Å². The van der Waals surface area contributed by atoms with Gasteiger partial charge in [-0.25, -0.2) is 9.59 Å². The van der Waals surface area contributed by atoms with E-state index in [1.807, 2.05) is 6.92 Å². The third kappa shape index (κ3) is 3.43. The van der Waals surface area contributed by atoms with Crippen molar-refractivity contribution in [2.24, 2.45) is 34.5 Å². The van der Waals surface area contributed by atoms with Crippen molar-refractivity contribution in [3.8, 4) is 0 Å². The lowest BCUT2D eigenvalue weighted by molar-refractivity contribution is -0.245. The van der Waals surface area contributed by atoms with E-state index in [0.717, 1.165) is 44.1 Å². The molecule has 3 N–H and O–H groups in total. The minimum atomic E-state index is -0.972. The second-order valence-corrected chi connectivity index (χ2v) is 13.0. The Morgan fingerprint density at radius 2 is 1.89 bits per heavy atom. The molecule has 8 nitrogen and oxygen atoms in total. The van der Waals surface area contributed by atoms with E-state index in [1.165, 1.54) is 0 Å². The largest absolute Gasteiger partial charge is 0.458 e. The number of hydrogen-bond acceptors (Lipinski definition) is 7. The Balaban J connectivity index is 1.19. The Morgan fingerprint density at radius 1 is 1.08 bits per heavy atom. The smallest absolute Gasteiger partial charge is 0.410 e. The van der Waals surface area contributed by atoms with Crippen LogP contribution in [0.15, 0.2) is 11.6 Å². The van der Waals surface area contributed by atoms with Crippen molar-refractivity contribution in [3.63, 3.8) is 0 Å². The number of likely N-dealkylation sites (tertiary alicyclic amines) is 1. The molecule has 0 radical (unpaired) electrons. The molecule has 0 aromatic rings. The summed E-state index contributed by atoms with van der Waals surface area (Å²) in [5.74, 6) is 0.341. The van der Waals surface area contributed by atoms with Crippen molar-refractivity contribution in [2.75, 3.05) is 19.7 Å². The van der Waals surface area contributed by atoms with Gasteiger partial charge in [-0.1, -0.05) is 13.8 Å². The molecular weight excluding hydrogens is 462 g/mol. The van der Waals surface area contributed by atoms with Crippen molar-refractivity contribution >= 4 is 12.1 Å². The van der Waals surface area contributed by atoms with E-state index in [0.29, 0.717) is 38.3 Å². The van der Waals surface area contributed by atoms with Crippen molar-refractivity contribution in [1.29, 1.82) is 0 Å². The molecule has 0 unspecified atom stereocenters. The third-order valence-electron chi connectivity index (χ3n) is 11.7. The van der Waals surface area contributed by atoms with Crippen molar-refractivity contribution < 1.29 is 34.4 Å². The predicted molar refractivity (Wildman–Crippen MR) is 130 cm³/mol. The van der Waals surface area contributed by atoms with Crippen LogP contribution in [0.1, 0.15) is 71.6 Å². The summed E-state index contributed by atoms with van der Waals surface area (Å²) in [6.07, 6.45) is 7.12. The normalized spacial score (nSPS) is 50.1. The van der Waals surface area contributed by atoms with E-state index in [9.17, 15) is 24.9 Å². The second kappa shape index (κ2) is 8.43. The second-order valence-electron chi connectivity index (χ2n) is 13.0. The Kier molecular flexibility index (Phi) is 5.78. The Bertz CT molecular complexity index is 968. The first-order chi connectivity index (χ1) is 17.1. The first-order valence-electron chi connectivity index (χ1n) is 14.0. The summed E-state index contributed by atoms with van der Waals surface area (Å²) in [6.45, 7) is 5.54. The van der Waals surface area contributed by atoms with Crippen LogP contribution in [0.25, 0.3) is 0 Å². The topological polar surface area (TPSA) is 117 Å². The highest BCUT2D eigenvalue weighted by Gasteiger charge is 2.70. The number of amides is 1. The lowest BCUT2D eigenvalue weighted by atomic mass is 9.42. The van der Waals surface area contributed by atoms with Gasteiger partial charge in [0.1, 0.15) is 12.7 Å². The number of rotatable bonds is 2. The van der Waals surface area contributed by atoms with Crippen LogP contribution in [0.5, 0.6) is 0 Å². The highest BCUT2D eigenvalue weighted by Crippen LogP contribution is 2.70. The van der Waals surface area contributed by atoms with Crippen molar-refractivity contribution in [1.82, 2.24) is 4.90 Å². The molecule has 0 spiro atoms. The fourth-order valence-corrected chi connectivity index (χ4v) is 9.58. The number of carbonyl (C=O) groups excluding carboxylic acids is 2. The fourth-order valence-electron chi connectivity index (χ4n) is 9.58.